The monoisotopic (exact) mass is 545 g/mol. The number of aliphatic carboxylic acids is 1. The van der Waals surface area contributed by atoms with Crippen LogP contribution in [0.2, 0.25) is 0 Å². The van der Waals surface area contributed by atoms with Crippen LogP contribution in [0.25, 0.3) is 11.1 Å². The summed E-state index contributed by atoms with van der Waals surface area (Å²) >= 11 is 2.81. The first kappa shape index (κ1) is 28.4. The first-order valence-electron chi connectivity index (χ1n) is 11.8. The number of amides is 3. The fraction of sp³-hybridized carbons (Fsp3) is 0.385. The fourth-order valence-electron chi connectivity index (χ4n) is 4.06. The molecule has 0 unspecified atom stereocenters. The van der Waals surface area contributed by atoms with Gasteiger partial charge in [-0.05, 0) is 28.7 Å². The van der Waals surface area contributed by atoms with Gasteiger partial charge < -0.3 is 25.8 Å². The van der Waals surface area contributed by atoms with Gasteiger partial charge in [0.15, 0.2) is 0 Å². The van der Waals surface area contributed by atoms with Crippen LogP contribution in [0.4, 0.5) is 4.79 Å². The highest BCUT2D eigenvalue weighted by Gasteiger charge is 2.30. The van der Waals surface area contributed by atoms with Crippen molar-refractivity contribution in [2.45, 2.75) is 37.5 Å². The zero-order valence-corrected chi connectivity index (χ0v) is 22.3. The summed E-state index contributed by atoms with van der Waals surface area (Å²) in [5.74, 6) is -0.458. The lowest BCUT2D eigenvalue weighted by atomic mass is 9.98. The van der Waals surface area contributed by atoms with Crippen molar-refractivity contribution < 1.29 is 29.0 Å². The molecular weight excluding hydrogens is 514 g/mol. The number of alkyl carbamates (subject to hydrolysis) is 1. The van der Waals surface area contributed by atoms with E-state index in [-0.39, 0.29) is 36.0 Å². The van der Waals surface area contributed by atoms with Crippen molar-refractivity contribution in [1.29, 1.82) is 0 Å². The highest BCUT2D eigenvalue weighted by Crippen LogP contribution is 2.44. The van der Waals surface area contributed by atoms with Crippen LogP contribution in [0.15, 0.2) is 48.5 Å². The van der Waals surface area contributed by atoms with E-state index < -0.39 is 18.1 Å². The van der Waals surface area contributed by atoms with Gasteiger partial charge in [0.2, 0.25) is 11.8 Å². The van der Waals surface area contributed by atoms with E-state index in [1.54, 1.807) is 0 Å². The van der Waals surface area contributed by atoms with Crippen LogP contribution in [-0.2, 0) is 19.1 Å². The topological polar surface area (TPSA) is 134 Å². The van der Waals surface area contributed by atoms with Crippen LogP contribution in [0.1, 0.15) is 37.3 Å². The van der Waals surface area contributed by atoms with Gasteiger partial charge in [0.25, 0.3) is 0 Å². The molecule has 0 spiro atoms. The minimum absolute atomic E-state index is 0.0828. The first-order valence-corrected chi connectivity index (χ1v) is 14.0. The molecule has 0 fully saturated rings. The van der Waals surface area contributed by atoms with Crippen molar-refractivity contribution in [2.24, 2.45) is 0 Å². The molecule has 0 saturated heterocycles. The average molecular weight is 546 g/mol. The number of nitrogens with one attached hydrogen (secondary N) is 3. The Balaban J connectivity index is 1.59. The zero-order chi connectivity index (χ0) is 26.8. The number of ether oxygens (including phenoxy) is 1. The standard InChI is InChI=1S/C26H31N3O6S2/c1-16(30)27-14-36-13-18(37-15-28-17(2)31)11-24(25(32)33)29-26(34)35-12-23-21-9-5-3-7-19(21)20-8-4-6-10-22(20)23/h3-10,18,23-24H,11-15H2,1-2H3,(H,27,30)(H,28,31)(H,29,34)(H,32,33)/t18-,24-/m0/s1. The molecule has 9 nitrogen and oxygen atoms in total. The van der Waals surface area contributed by atoms with Gasteiger partial charge in [-0.2, -0.15) is 0 Å². The highest BCUT2D eigenvalue weighted by atomic mass is 32.2. The second-order valence-corrected chi connectivity index (χ2v) is 10.8. The lowest BCUT2D eigenvalue weighted by molar-refractivity contribution is -0.139. The molecule has 0 aliphatic heterocycles. The van der Waals surface area contributed by atoms with Gasteiger partial charge in [0, 0.05) is 30.8 Å². The molecule has 0 radical (unpaired) electrons. The number of carboxylic acid groups (broad SMARTS) is 1. The largest absolute Gasteiger partial charge is 0.480 e. The van der Waals surface area contributed by atoms with E-state index in [2.05, 4.69) is 16.0 Å². The molecule has 3 amide bonds. The summed E-state index contributed by atoms with van der Waals surface area (Å²) < 4.78 is 5.51. The number of carboxylic acids is 1. The molecule has 4 N–H and O–H groups in total. The van der Waals surface area contributed by atoms with Crippen LogP contribution >= 0.6 is 23.5 Å². The summed E-state index contributed by atoms with van der Waals surface area (Å²) in [4.78, 5) is 46.9. The maximum atomic E-state index is 12.6. The minimum Gasteiger partial charge on any atom is -0.480 e. The van der Waals surface area contributed by atoms with Crippen molar-refractivity contribution >= 4 is 47.4 Å². The smallest absolute Gasteiger partial charge is 0.407 e. The Labute approximate surface area is 224 Å². The van der Waals surface area contributed by atoms with E-state index in [0.717, 1.165) is 22.3 Å². The lowest BCUT2D eigenvalue weighted by Gasteiger charge is -2.22. The van der Waals surface area contributed by atoms with Crippen LogP contribution in [-0.4, -0.2) is 64.4 Å². The summed E-state index contributed by atoms with van der Waals surface area (Å²) in [6.45, 7) is 2.90. The van der Waals surface area contributed by atoms with E-state index in [0.29, 0.717) is 17.5 Å². The SMILES string of the molecule is CC(=O)NCSC[C@H](C[C@H](NC(=O)OCC1c2ccccc2-c2ccccc21)C(=O)O)SCNC(C)=O. The maximum absolute atomic E-state index is 12.6. The summed E-state index contributed by atoms with van der Waals surface area (Å²) in [7, 11) is 0. The van der Waals surface area contributed by atoms with Crippen molar-refractivity contribution in [3.63, 3.8) is 0 Å². The summed E-state index contributed by atoms with van der Waals surface area (Å²) in [5, 5.41) is 17.4. The van der Waals surface area contributed by atoms with Gasteiger partial charge in [-0.15, -0.1) is 23.5 Å². The van der Waals surface area contributed by atoms with E-state index in [9.17, 15) is 24.3 Å². The Morgan fingerprint density at radius 2 is 1.49 bits per heavy atom. The highest BCUT2D eigenvalue weighted by molar-refractivity contribution is 8.03. The minimum atomic E-state index is -1.18. The fourth-order valence-corrected chi connectivity index (χ4v) is 6.40. The molecule has 0 heterocycles. The summed E-state index contributed by atoms with van der Waals surface area (Å²) in [5.41, 5.74) is 4.34. The number of hydrogen-bond acceptors (Lipinski definition) is 7. The molecule has 0 bridgehead atoms. The third-order valence-electron chi connectivity index (χ3n) is 5.80. The Hall–Kier alpha value is -3.18. The second-order valence-electron chi connectivity index (χ2n) is 8.51. The third-order valence-corrected chi connectivity index (χ3v) is 8.14. The predicted octanol–water partition coefficient (Wildman–Crippen LogP) is 3.39. The number of carbonyl (C=O) groups excluding carboxylic acids is 3. The number of rotatable bonds is 13. The Morgan fingerprint density at radius 3 is 2.05 bits per heavy atom. The third kappa shape index (κ3) is 8.43. The van der Waals surface area contributed by atoms with Crippen molar-refractivity contribution in [3.8, 4) is 11.1 Å². The van der Waals surface area contributed by atoms with Gasteiger partial charge in [-0.1, -0.05) is 48.5 Å². The molecule has 3 rings (SSSR count). The molecule has 0 aromatic heterocycles. The molecule has 198 valence electrons. The molecule has 11 heteroatoms. The lowest BCUT2D eigenvalue weighted by Crippen LogP contribution is -2.43. The van der Waals surface area contributed by atoms with E-state index in [4.69, 9.17) is 4.74 Å². The Morgan fingerprint density at radius 1 is 0.919 bits per heavy atom. The average Bonchev–Trinajstić information content (AvgIpc) is 3.18. The number of hydrogen-bond donors (Lipinski definition) is 4. The molecule has 2 aromatic rings. The molecule has 2 aromatic carbocycles. The molecule has 0 saturated carbocycles. The molecular formula is C26H31N3O6S2. The number of carbonyl (C=O) groups is 4. The number of benzene rings is 2. The Bertz CT molecular complexity index is 1080. The van der Waals surface area contributed by atoms with E-state index in [1.807, 2.05) is 48.5 Å². The van der Waals surface area contributed by atoms with Crippen molar-refractivity contribution in [1.82, 2.24) is 16.0 Å². The van der Waals surface area contributed by atoms with Gasteiger partial charge in [-0.3, -0.25) is 9.59 Å². The first-order chi connectivity index (χ1) is 17.8. The van der Waals surface area contributed by atoms with Crippen LogP contribution in [0, 0.1) is 0 Å². The summed E-state index contributed by atoms with van der Waals surface area (Å²) in [6.07, 6.45) is -0.678. The Kier molecular flexibility index (Phi) is 10.7. The van der Waals surface area contributed by atoms with Gasteiger partial charge >= 0.3 is 12.1 Å². The van der Waals surface area contributed by atoms with Gasteiger partial charge in [0.05, 0.1) is 11.8 Å². The molecule has 1 aliphatic rings. The second kappa shape index (κ2) is 13.9. The number of fused-ring (bicyclic) bond motifs is 3. The van der Waals surface area contributed by atoms with E-state index in [1.165, 1.54) is 37.4 Å². The van der Waals surface area contributed by atoms with Crippen molar-refractivity contribution in [2.75, 3.05) is 24.1 Å². The van der Waals surface area contributed by atoms with Gasteiger partial charge in [0.1, 0.15) is 12.6 Å². The molecule has 1 aliphatic carbocycles. The van der Waals surface area contributed by atoms with Gasteiger partial charge in [-0.25, -0.2) is 9.59 Å². The molecule has 2 atom stereocenters. The predicted molar refractivity (Wildman–Crippen MR) is 145 cm³/mol. The molecule has 37 heavy (non-hydrogen) atoms. The zero-order valence-electron chi connectivity index (χ0n) is 20.7. The van der Waals surface area contributed by atoms with Crippen LogP contribution in [0.5, 0.6) is 0 Å². The van der Waals surface area contributed by atoms with Crippen molar-refractivity contribution in [3.05, 3.63) is 59.7 Å². The van der Waals surface area contributed by atoms with Crippen LogP contribution < -0.4 is 16.0 Å². The summed E-state index contributed by atoms with van der Waals surface area (Å²) in [6, 6.07) is 14.8. The van der Waals surface area contributed by atoms with E-state index >= 15 is 0 Å². The quantitative estimate of drug-likeness (QED) is 0.222. The normalized spacial score (nSPS) is 13.6. The van der Waals surface area contributed by atoms with Crippen LogP contribution in [0.3, 0.4) is 0 Å². The maximum Gasteiger partial charge on any atom is 0.407 e. The number of thioether (sulfide) groups is 2.